The van der Waals surface area contributed by atoms with E-state index in [0.29, 0.717) is 0 Å². The Morgan fingerprint density at radius 2 is 2.11 bits per heavy atom. The van der Waals surface area contributed by atoms with Gasteiger partial charge in [0.1, 0.15) is 0 Å². The van der Waals surface area contributed by atoms with Gasteiger partial charge >= 0.3 is 0 Å². The molecular formula is C16H18N2. The highest BCUT2D eigenvalue weighted by atomic mass is 14.6. The number of aromatic nitrogens is 1. The van der Waals surface area contributed by atoms with Crippen LogP contribution in [0.1, 0.15) is 31.2 Å². The van der Waals surface area contributed by atoms with Gasteiger partial charge in [0, 0.05) is 23.8 Å². The maximum absolute atomic E-state index is 6.12. The Hall–Kier alpha value is -1.67. The van der Waals surface area contributed by atoms with Crippen LogP contribution in [-0.4, -0.2) is 11.0 Å². The maximum Gasteiger partial charge on any atom is 0.0346 e. The minimum absolute atomic E-state index is 0.208. The second kappa shape index (κ2) is 4.91. The highest BCUT2D eigenvalue weighted by Crippen LogP contribution is 2.30. The van der Waals surface area contributed by atoms with Crippen molar-refractivity contribution in [2.45, 2.75) is 31.7 Å². The Labute approximate surface area is 108 Å². The van der Waals surface area contributed by atoms with Crippen molar-refractivity contribution in [2.75, 3.05) is 0 Å². The standard InChI is InChI=1S/C16H18N2/c17-14-6-2-1-4-12(10-14)15-7-3-5-13-11-18-9-8-16(13)15/h3,5,7-11,14H,1-2,4,6,17H2. The number of hydrogen-bond acceptors (Lipinski definition) is 2. The normalized spacial score (nSPS) is 20.5. The van der Waals surface area contributed by atoms with Gasteiger partial charge in [0.15, 0.2) is 0 Å². The van der Waals surface area contributed by atoms with Crippen molar-refractivity contribution in [2.24, 2.45) is 5.73 Å². The van der Waals surface area contributed by atoms with Crippen LogP contribution in [0.5, 0.6) is 0 Å². The topological polar surface area (TPSA) is 38.9 Å². The van der Waals surface area contributed by atoms with Gasteiger partial charge in [0.2, 0.25) is 0 Å². The van der Waals surface area contributed by atoms with E-state index in [4.69, 9.17) is 5.73 Å². The van der Waals surface area contributed by atoms with Gasteiger partial charge in [-0.1, -0.05) is 30.7 Å². The highest BCUT2D eigenvalue weighted by Gasteiger charge is 2.12. The van der Waals surface area contributed by atoms with Crippen molar-refractivity contribution >= 4 is 16.3 Å². The molecule has 0 bridgehead atoms. The lowest BCUT2D eigenvalue weighted by molar-refractivity contribution is 0.658. The zero-order valence-corrected chi connectivity index (χ0v) is 10.5. The molecule has 1 aromatic carbocycles. The van der Waals surface area contributed by atoms with E-state index < -0.39 is 0 Å². The largest absolute Gasteiger partial charge is 0.324 e. The van der Waals surface area contributed by atoms with Crippen molar-refractivity contribution < 1.29 is 0 Å². The average molecular weight is 238 g/mol. The van der Waals surface area contributed by atoms with E-state index in [2.05, 4.69) is 35.3 Å². The van der Waals surface area contributed by atoms with E-state index in [1.165, 1.54) is 34.8 Å². The first-order valence-corrected chi connectivity index (χ1v) is 6.64. The van der Waals surface area contributed by atoms with E-state index in [1.54, 1.807) is 0 Å². The van der Waals surface area contributed by atoms with Crippen LogP contribution in [0.4, 0.5) is 0 Å². The summed E-state index contributed by atoms with van der Waals surface area (Å²) < 4.78 is 0. The number of nitrogens with two attached hydrogens (primary N) is 1. The predicted octanol–water partition coefficient (Wildman–Crippen LogP) is 3.52. The molecule has 0 aliphatic heterocycles. The van der Waals surface area contributed by atoms with Crippen molar-refractivity contribution in [3.63, 3.8) is 0 Å². The fourth-order valence-corrected chi connectivity index (χ4v) is 2.75. The summed E-state index contributed by atoms with van der Waals surface area (Å²) in [5.74, 6) is 0. The van der Waals surface area contributed by atoms with Crippen LogP contribution in [0.2, 0.25) is 0 Å². The van der Waals surface area contributed by atoms with E-state index in [1.807, 2.05) is 12.4 Å². The number of rotatable bonds is 1. The number of benzene rings is 1. The minimum Gasteiger partial charge on any atom is -0.324 e. The first-order chi connectivity index (χ1) is 8.84. The SMILES string of the molecule is NC1C=C(c2cccc3cnccc23)CCCC1. The summed E-state index contributed by atoms with van der Waals surface area (Å²) in [5.41, 5.74) is 8.84. The number of pyridine rings is 1. The molecule has 1 heterocycles. The Balaban J connectivity index is 2.13. The third kappa shape index (κ3) is 2.16. The van der Waals surface area contributed by atoms with Gasteiger partial charge in [0.25, 0.3) is 0 Å². The Bertz CT molecular complexity index is 581. The van der Waals surface area contributed by atoms with Crippen molar-refractivity contribution in [1.82, 2.24) is 4.98 Å². The van der Waals surface area contributed by atoms with Crippen LogP contribution in [0.3, 0.4) is 0 Å². The predicted molar refractivity (Wildman–Crippen MR) is 76.2 cm³/mol. The first-order valence-electron chi connectivity index (χ1n) is 6.64. The quantitative estimate of drug-likeness (QED) is 0.825. The molecule has 0 fully saturated rings. The summed E-state index contributed by atoms with van der Waals surface area (Å²) >= 11 is 0. The summed E-state index contributed by atoms with van der Waals surface area (Å²) in [6, 6.07) is 8.73. The molecule has 0 radical (unpaired) electrons. The summed E-state index contributed by atoms with van der Waals surface area (Å²) in [6.45, 7) is 0. The van der Waals surface area contributed by atoms with Gasteiger partial charge in [-0.15, -0.1) is 0 Å². The van der Waals surface area contributed by atoms with Crippen LogP contribution in [-0.2, 0) is 0 Å². The Morgan fingerprint density at radius 3 is 3.06 bits per heavy atom. The van der Waals surface area contributed by atoms with Gasteiger partial charge in [-0.25, -0.2) is 0 Å². The second-order valence-corrected chi connectivity index (χ2v) is 5.00. The average Bonchev–Trinajstić information content (AvgIpc) is 2.63. The smallest absolute Gasteiger partial charge is 0.0346 e. The number of fused-ring (bicyclic) bond motifs is 1. The minimum atomic E-state index is 0.208. The van der Waals surface area contributed by atoms with Crippen molar-refractivity contribution in [3.8, 4) is 0 Å². The number of hydrogen-bond donors (Lipinski definition) is 1. The molecular weight excluding hydrogens is 220 g/mol. The fourth-order valence-electron chi connectivity index (χ4n) is 2.75. The van der Waals surface area contributed by atoms with E-state index in [-0.39, 0.29) is 6.04 Å². The Morgan fingerprint density at radius 1 is 1.17 bits per heavy atom. The molecule has 2 heteroatoms. The molecule has 92 valence electrons. The lowest BCUT2D eigenvalue weighted by Crippen LogP contribution is -2.15. The fraction of sp³-hybridized carbons (Fsp3) is 0.312. The summed E-state index contributed by atoms with van der Waals surface area (Å²) in [4.78, 5) is 4.19. The summed E-state index contributed by atoms with van der Waals surface area (Å²) in [7, 11) is 0. The van der Waals surface area contributed by atoms with Crippen LogP contribution < -0.4 is 5.73 Å². The lowest BCUT2D eigenvalue weighted by atomic mass is 9.96. The number of nitrogens with zero attached hydrogens (tertiary/aromatic N) is 1. The van der Waals surface area contributed by atoms with Gasteiger partial charge in [0.05, 0.1) is 0 Å². The second-order valence-electron chi connectivity index (χ2n) is 5.00. The molecule has 0 saturated heterocycles. The van der Waals surface area contributed by atoms with Gasteiger partial charge in [-0.3, -0.25) is 4.98 Å². The third-order valence-corrected chi connectivity index (χ3v) is 3.68. The van der Waals surface area contributed by atoms with Gasteiger partial charge in [-0.05, 0) is 41.9 Å². The van der Waals surface area contributed by atoms with Gasteiger partial charge in [-0.2, -0.15) is 0 Å². The Kier molecular flexibility index (Phi) is 3.11. The van der Waals surface area contributed by atoms with Crippen molar-refractivity contribution in [3.05, 3.63) is 48.3 Å². The molecule has 1 atom stereocenters. The molecule has 18 heavy (non-hydrogen) atoms. The first kappa shape index (κ1) is 11.4. The molecule has 1 aliphatic rings. The summed E-state index contributed by atoms with van der Waals surface area (Å²) in [5, 5.41) is 2.49. The van der Waals surface area contributed by atoms with E-state index >= 15 is 0 Å². The molecule has 1 aromatic heterocycles. The van der Waals surface area contributed by atoms with E-state index in [0.717, 1.165) is 12.8 Å². The highest BCUT2D eigenvalue weighted by molar-refractivity contribution is 5.93. The van der Waals surface area contributed by atoms with Crippen LogP contribution in [0.25, 0.3) is 16.3 Å². The molecule has 0 amide bonds. The maximum atomic E-state index is 6.12. The van der Waals surface area contributed by atoms with Crippen LogP contribution >= 0.6 is 0 Å². The van der Waals surface area contributed by atoms with E-state index in [9.17, 15) is 0 Å². The molecule has 0 saturated carbocycles. The van der Waals surface area contributed by atoms with Gasteiger partial charge < -0.3 is 5.73 Å². The molecule has 0 spiro atoms. The molecule has 2 N–H and O–H groups in total. The van der Waals surface area contributed by atoms with Crippen molar-refractivity contribution in [1.29, 1.82) is 0 Å². The molecule has 1 aliphatic carbocycles. The zero-order chi connectivity index (χ0) is 12.4. The molecule has 2 nitrogen and oxygen atoms in total. The number of allylic oxidation sites excluding steroid dienone is 1. The van der Waals surface area contributed by atoms with Crippen LogP contribution in [0.15, 0.2) is 42.7 Å². The summed E-state index contributed by atoms with van der Waals surface area (Å²) in [6.07, 6.45) is 10.8. The molecule has 1 unspecified atom stereocenters. The monoisotopic (exact) mass is 238 g/mol. The molecule has 2 aromatic rings. The third-order valence-electron chi connectivity index (χ3n) is 3.68. The lowest BCUT2D eigenvalue weighted by Gasteiger charge is -2.10. The van der Waals surface area contributed by atoms with Crippen LogP contribution in [0, 0.1) is 0 Å². The molecule has 3 rings (SSSR count). The zero-order valence-electron chi connectivity index (χ0n) is 10.5.